The number of aryl methyl sites for hydroxylation is 1. The molecule has 4 N–H and O–H groups in total. The quantitative estimate of drug-likeness (QED) is 0.365. The van der Waals surface area contributed by atoms with E-state index in [1.807, 2.05) is 20.8 Å². The first kappa shape index (κ1) is 21.0. The fraction of sp³-hybridized carbons (Fsp3) is 0.600. The summed E-state index contributed by atoms with van der Waals surface area (Å²) in [7, 11) is 0. The predicted molar refractivity (Wildman–Crippen MR) is 106 cm³/mol. The molecule has 0 unspecified atom stereocenters. The van der Waals surface area contributed by atoms with Gasteiger partial charge in [-0.1, -0.05) is 38.1 Å². The molecule has 0 atom stereocenters. The van der Waals surface area contributed by atoms with Crippen molar-refractivity contribution in [3.8, 4) is 0 Å². The lowest BCUT2D eigenvalue weighted by Gasteiger charge is -2.19. The van der Waals surface area contributed by atoms with E-state index in [1.165, 1.54) is 11.1 Å². The third-order valence-corrected chi connectivity index (χ3v) is 4.22. The van der Waals surface area contributed by atoms with E-state index >= 15 is 0 Å². The predicted octanol–water partition coefficient (Wildman–Crippen LogP) is 2.81. The van der Waals surface area contributed by atoms with E-state index < -0.39 is 5.41 Å². The van der Waals surface area contributed by atoms with Gasteiger partial charge < -0.3 is 16.4 Å². The summed E-state index contributed by atoms with van der Waals surface area (Å²) >= 11 is 0. The number of nitrogens with one attached hydrogen (secondary N) is 2. The lowest BCUT2D eigenvalue weighted by Crippen LogP contribution is -2.40. The van der Waals surface area contributed by atoms with Crippen molar-refractivity contribution in [3.05, 3.63) is 35.4 Å². The molecule has 0 aromatic heterocycles. The van der Waals surface area contributed by atoms with Crippen molar-refractivity contribution in [3.63, 3.8) is 0 Å². The van der Waals surface area contributed by atoms with Crippen LogP contribution < -0.4 is 16.4 Å². The molecular formula is C20H34N4O. The van der Waals surface area contributed by atoms with Crippen LogP contribution in [0.2, 0.25) is 0 Å². The molecule has 0 radical (unpaired) electrons. The molecule has 0 aliphatic heterocycles. The van der Waals surface area contributed by atoms with Crippen LogP contribution in [-0.2, 0) is 11.2 Å². The number of aliphatic imine (C=N–C) groups is 1. The maximum Gasteiger partial charge on any atom is 0.224 e. The SMILES string of the molecule is CCNC(=NCC(C)(C)C(N)=O)NCCCc1ccc(C(C)C)cc1. The van der Waals surface area contributed by atoms with Crippen LogP contribution in [0.1, 0.15) is 58.1 Å². The Balaban J connectivity index is 2.46. The van der Waals surface area contributed by atoms with Crippen LogP contribution in [0.15, 0.2) is 29.3 Å². The summed E-state index contributed by atoms with van der Waals surface area (Å²) in [6, 6.07) is 8.85. The van der Waals surface area contributed by atoms with Crippen molar-refractivity contribution in [1.82, 2.24) is 10.6 Å². The monoisotopic (exact) mass is 346 g/mol. The fourth-order valence-electron chi connectivity index (χ4n) is 2.26. The van der Waals surface area contributed by atoms with E-state index in [9.17, 15) is 4.79 Å². The van der Waals surface area contributed by atoms with Crippen LogP contribution in [0, 0.1) is 5.41 Å². The summed E-state index contributed by atoms with van der Waals surface area (Å²) in [5, 5.41) is 6.52. The first-order valence-electron chi connectivity index (χ1n) is 9.17. The minimum Gasteiger partial charge on any atom is -0.369 e. The number of primary amides is 1. The zero-order valence-electron chi connectivity index (χ0n) is 16.4. The molecule has 1 aromatic carbocycles. The number of nitrogens with zero attached hydrogens (tertiary/aromatic N) is 1. The molecule has 0 heterocycles. The molecule has 5 heteroatoms. The lowest BCUT2D eigenvalue weighted by molar-refractivity contribution is -0.125. The molecule has 5 nitrogen and oxygen atoms in total. The maximum atomic E-state index is 11.4. The maximum absolute atomic E-state index is 11.4. The number of amides is 1. The summed E-state index contributed by atoms with van der Waals surface area (Å²) in [5.41, 5.74) is 7.48. The Morgan fingerprint density at radius 2 is 1.84 bits per heavy atom. The molecule has 0 fully saturated rings. The molecule has 0 bridgehead atoms. The Hall–Kier alpha value is -2.04. The Morgan fingerprint density at radius 1 is 1.20 bits per heavy atom. The molecule has 1 aromatic rings. The molecular weight excluding hydrogens is 312 g/mol. The van der Waals surface area contributed by atoms with Crippen LogP contribution in [0.25, 0.3) is 0 Å². The topological polar surface area (TPSA) is 79.5 Å². The first-order chi connectivity index (χ1) is 11.8. The average molecular weight is 347 g/mol. The number of rotatable bonds is 9. The average Bonchev–Trinajstić information content (AvgIpc) is 2.56. The molecule has 25 heavy (non-hydrogen) atoms. The summed E-state index contributed by atoms with van der Waals surface area (Å²) in [6.07, 6.45) is 2.04. The largest absolute Gasteiger partial charge is 0.369 e. The van der Waals surface area contributed by atoms with Crippen LogP contribution >= 0.6 is 0 Å². The Morgan fingerprint density at radius 3 is 2.36 bits per heavy atom. The van der Waals surface area contributed by atoms with Crippen molar-refractivity contribution in [1.29, 1.82) is 0 Å². The summed E-state index contributed by atoms with van der Waals surface area (Å²) in [5.74, 6) is 0.961. The van der Waals surface area contributed by atoms with Gasteiger partial charge >= 0.3 is 0 Å². The van der Waals surface area contributed by atoms with Gasteiger partial charge in [0.05, 0.1) is 12.0 Å². The summed E-state index contributed by atoms with van der Waals surface area (Å²) < 4.78 is 0. The van der Waals surface area contributed by atoms with Gasteiger partial charge in [0.1, 0.15) is 0 Å². The number of carbonyl (C=O) groups is 1. The molecule has 1 amide bonds. The van der Waals surface area contributed by atoms with Crippen LogP contribution in [0.4, 0.5) is 0 Å². The molecule has 0 aliphatic carbocycles. The number of guanidine groups is 1. The molecule has 1 rings (SSSR count). The van der Waals surface area contributed by atoms with E-state index in [-0.39, 0.29) is 5.91 Å². The van der Waals surface area contributed by atoms with E-state index in [2.05, 4.69) is 53.7 Å². The Kier molecular flexibility index (Phi) is 8.46. The Bertz CT molecular complexity index is 562. The molecule has 140 valence electrons. The zero-order chi connectivity index (χ0) is 18.9. The van der Waals surface area contributed by atoms with Gasteiger partial charge in [-0.05, 0) is 50.7 Å². The fourth-order valence-corrected chi connectivity index (χ4v) is 2.26. The molecule has 0 saturated heterocycles. The number of hydrogen-bond donors (Lipinski definition) is 3. The van der Waals surface area contributed by atoms with Crippen molar-refractivity contribution in [2.45, 2.75) is 53.4 Å². The van der Waals surface area contributed by atoms with Crippen molar-refractivity contribution < 1.29 is 4.79 Å². The highest BCUT2D eigenvalue weighted by Gasteiger charge is 2.24. The summed E-state index contributed by atoms with van der Waals surface area (Å²) in [4.78, 5) is 15.9. The second-order valence-electron chi connectivity index (χ2n) is 7.37. The molecule has 0 aliphatic rings. The number of carbonyl (C=O) groups excluding carboxylic acids is 1. The van der Waals surface area contributed by atoms with Gasteiger partial charge in [-0.15, -0.1) is 0 Å². The van der Waals surface area contributed by atoms with E-state index in [1.54, 1.807) is 0 Å². The second kappa shape index (κ2) is 10.1. The molecule has 0 spiro atoms. The second-order valence-corrected chi connectivity index (χ2v) is 7.37. The van der Waals surface area contributed by atoms with Gasteiger partial charge in [0.2, 0.25) is 5.91 Å². The van der Waals surface area contributed by atoms with Crippen LogP contribution in [0.5, 0.6) is 0 Å². The standard InChI is InChI=1S/C20H34N4O/c1-6-22-19(24-14-20(4,5)18(21)25)23-13-7-8-16-9-11-17(12-10-16)15(2)3/h9-12,15H,6-8,13-14H2,1-5H3,(H2,21,25)(H2,22,23,24). The van der Waals surface area contributed by atoms with Crippen LogP contribution in [0.3, 0.4) is 0 Å². The highest BCUT2D eigenvalue weighted by molar-refractivity contribution is 5.82. The number of hydrogen-bond acceptors (Lipinski definition) is 2. The Labute approximate surface area is 152 Å². The minimum absolute atomic E-state index is 0.336. The zero-order valence-corrected chi connectivity index (χ0v) is 16.4. The number of benzene rings is 1. The number of nitrogens with two attached hydrogens (primary N) is 1. The highest BCUT2D eigenvalue weighted by Crippen LogP contribution is 2.15. The smallest absolute Gasteiger partial charge is 0.224 e. The van der Waals surface area contributed by atoms with Gasteiger partial charge in [0.25, 0.3) is 0 Å². The van der Waals surface area contributed by atoms with E-state index in [0.717, 1.165) is 31.9 Å². The minimum atomic E-state index is -0.638. The van der Waals surface area contributed by atoms with Gasteiger partial charge in [-0.25, -0.2) is 0 Å². The molecule has 0 saturated carbocycles. The normalized spacial score (nSPS) is 12.3. The summed E-state index contributed by atoms with van der Waals surface area (Å²) in [6.45, 7) is 12.0. The van der Waals surface area contributed by atoms with Crippen molar-refractivity contribution in [2.24, 2.45) is 16.1 Å². The van der Waals surface area contributed by atoms with Crippen molar-refractivity contribution >= 4 is 11.9 Å². The van der Waals surface area contributed by atoms with Crippen molar-refractivity contribution in [2.75, 3.05) is 19.6 Å². The third kappa shape index (κ3) is 7.59. The van der Waals surface area contributed by atoms with E-state index in [0.29, 0.717) is 12.5 Å². The lowest BCUT2D eigenvalue weighted by atomic mass is 9.93. The third-order valence-electron chi connectivity index (χ3n) is 4.22. The first-order valence-corrected chi connectivity index (χ1v) is 9.17. The van der Waals surface area contributed by atoms with Gasteiger partial charge in [0.15, 0.2) is 5.96 Å². The van der Waals surface area contributed by atoms with Gasteiger partial charge in [-0.3, -0.25) is 9.79 Å². The van der Waals surface area contributed by atoms with E-state index in [4.69, 9.17) is 5.73 Å². The highest BCUT2D eigenvalue weighted by atomic mass is 16.1. The van der Waals surface area contributed by atoms with Gasteiger partial charge in [0, 0.05) is 13.1 Å². The van der Waals surface area contributed by atoms with Gasteiger partial charge in [-0.2, -0.15) is 0 Å². The van der Waals surface area contributed by atoms with Crippen LogP contribution in [-0.4, -0.2) is 31.5 Å².